The van der Waals surface area contributed by atoms with Gasteiger partial charge in [0.25, 0.3) is 9.05 Å². The van der Waals surface area contributed by atoms with Gasteiger partial charge in [0, 0.05) is 21.5 Å². The molecule has 0 aliphatic heterocycles. The van der Waals surface area contributed by atoms with Crippen LogP contribution in [0.1, 0.15) is 0 Å². The molecule has 78 valence electrons. The van der Waals surface area contributed by atoms with Gasteiger partial charge in [-0.15, -0.1) is 0 Å². The fraction of sp³-hybridized carbons (Fsp3) is 0. The molecule has 0 aromatic heterocycles. The average Bonchev–Trinajstić information content (AvgIpc) is 2.16. The van der Waals surface area contributed by atoms with E-state index in [-0.39, 0.29) is 10.6 Å². The molecule has 5 heteroatoms. The highest BCUT2D eigenvalue weighted by molar-refractivity contribution is 8.14. The predicted molar refractivity (Wildman–Crippen MR) is 58.7 cm³/mol. The van der Waals surface area contributed by atoms with E-state index in [2.05, 4.69) is 0 Å². The Hall–Kier alpha value is -1.26. The molecule has 1 N–H and O–H groups in total. The normalized spacial score (nSPS) is 11.8. The first-order chi connectivity index (χ1) is 7.00. The molecule has 2 aromatic carbocycles. The van der Waals surface area contributed by atoms with Gasteiger partial charge in [0.05, 0.1) is 4.90 Å². The van der Waals surface area contributed by atoms with Crippen molar-refractivity contribution in [2.24, 2.45) is 0 Å². The van der Waals surface area contributed by atoms with E-state index < -0.39 is 9.05 Å². The lowest BCUT2D eigenvalue weighted by Crippen LogP contribution is -1.91. The van der Waals surface area contributed by atoms with E-state index in [4.69, 9.17) is 10.7 Å². The number of hydrogen-bond donors (Lipinski definition) is 1. The molecule has 3 nitrogen and oxygen atoms in total. The highest BCUT2D eigenvalue weighted by Gasteiger charge is 2.14. The topological polar surface area (TPSA) is 54.4 Å². The molecular formula is C10H7ClO3S. The van der Waals surface area contributed by atoms with Crippen LogP contribution < -0.4 is 0 Å². The van der Waals surface area contributed by atoms with E-state index in [1.165, 1.54) is 18.2 Å². The second kappa shape index (κ2) is 3.40. The van der Waals surface area contributed by atoms with E-state index in [1.54, 1.807) is 18.2 Å². The quantitative estimate of drug-likeness (QED) is 0.782. The number of rotatable bonds is 1. The summed E-state index contributed by atoms with van der Waals surface area (Å²) in [6.45, 7) is 0. The minimum Gasteiger partial charge on any atom is -0.507 e. The Bertz CT molecular complexity index is 620. The van der Waals surface area contributed by atoms with Gasteiger partial charge in [-0.05, 0) is 12.1 Å². The van der Waals surface area contributed by atoms with Gasteiger partial charge in [-0.1, -0.05) is 24.3 Å². The number of phenolic OH excluding ortho intramolecular Hbond substituents is 1. The van der Waals surface area contributed by atoms with Crippen LogP contribution in [0.4, 0.5) is 0 Å². The Labute approximate surface area is 91.3 Å². The molecule has 0 heterocycles. The number of fused-ring (bicyclic) bond motifs is 1. The maximum absolute atomic E-state index is 11.2. The molecule has 0 saturated heterocycles. The lowest BCUT2D eigenvalue weighted by atomic mass is 10.1. The van der Waals surface area contributed by atoms with Gasteiger partial charge in [0.15, 0.2) is 0 Å². The largest absolute Gasteiger partial charge is 0.507 e. The van der Waals surface area contributed by atoms with Crippen molar-refractivity contribution >= 4 is 30.5 Å². The van der Waals surface area contributed by atoms with Crippen LogP contribution in [0.3, 0.4) is 0 Å². The first-order valence-electron chi connectivity index (χ1n) is 4.15. The van der Waals surface area contributed by atoms with Crippen LogP contribution in [0.15, 0.2) is 41.3 Å². The number of aromatic hydroxyl groups is 1. The Morgan fingerprint density at radius 2 is 1.60 bits per heavy atom. The van der Waals surface area contributed by atoms with Crippen LogP contribution >= 0.6 is 10.7 Å². The first kappa shape index (κ1) is 10.3. The molecule has 0 radical (unpaired) electrons. The number of halogens is 1. The lowest BCUT2D eigenvalue weighted by Gasteiger charge is -2.04. The van der Waals surface area contributed by atoms with Gasteiger partial charge >= 0.3 is 0 Å². The number of phenols is 1. The van der Waals surface area contributed by atoms with Crippen LogP contribution in [-0.4, -0.2) is 13.5 Å². The number of hydrogen-bond acceptors (Lipinski definition) is 3. The van der Waals surface area contributed by atoms with Gasteiger partial charge < -0.3 is 5.11 Å². The Kier molecular flexibility index (Phi) is 2.32. The second-order valence-electron chi connectivity index (χ2n) is 3.07. The minimum absolute atomic E-state index is 0.0116. The zero-order valence-electron chi connectivity index (χ0n) is 7.51. The van der Waals surface area contributed by atoms with Gasteiger partial charge in [-0.2, -0.15) is 0 Å². The molecule has 0 aliphatic rings. The summed E-state index contributed by atoms with van der Waals surface area (Å²) >= 11 is 0. The van der Waals surface area contributed by atoms with Crippen molar-refractivity contribution in [1.29, 1.82) is 0 Å². The van der Waals surface area contributed by atoms with Crippen molar-refractivity contribution in [3.05, 3.63) is 36.4 Å². The summed E-state index contributed by atoms with van der Waals surface area (Å²) in [5.41, 5.74) is 0. The van der Waals surface area contributed by atoms with Crippen LogP contribution in [0.2, 0.25) is 0 Å². The highest BCUT2D eigenvalue weighted by atomic mass is 35.7. The lowest BCUT2D eigenvalue weighted by molar-refractivity contribution is 0.481. The summed E-state index contributed by atoms with van der Waals surface area (Å²) in [6, 6.07) is 9.25. The summed E-state index contributed by atoms with van der Waals surface area (Å²) in [6.07, 6.45) is 0. The molecule has 0 amide bonds. The average molecular weight is 243 g/mol. The molecule has 0 unspecified atom stereocenters. The molecule has 0 fully saturated rings. The third-order valence-electron chi connectivity index (χ3n) is 2.12. The monoisotopic (exact) mass is 242 g/mol. The molecule has 0 spiro atoms. The van der Waals surface area contributed by atoms with E-state index >= 15 is 0 Å². The Morgan fingerprint density at radius 1 is 1.00 bits per heavy atom. The zero-order chi connectivity index (χ0) is 11.1. The SMILES string of the molecule is O=S(=O)(Cl)c1cccc2c(O)cccc12. The van der Waals surface area contributed by atoms with Crippen molar-refractivity contribution in [2.45, 2.75) is 4.90 Å². The van der Waals surface area contributed by atoms with Crippen molar-refractivity contribution in [3.63, 3.8) is 0 Å². The second-order valence-corrected chi connectivity index (χ2v) is 5.60. The van der Waals surface area contributed by atoms with Crippen molar-refractivity contribution in [3.8, 4) is 5.75 Å². The first-order valence-corrected chi connectivity index (χ1v) is 6.46. The molecule has 0 atom stereocenters. The van der Waals surface area contributed by atoms with Crippen LogP contribution in [0.25, 0.3) is 10.8 Å². The summed E-state index contributed by atoms with van der Waals surface area (Å²) in [5.74, 6) is 0.0367. The van der Waals surface area contributed by atoms with Crippen LogP contribution in [0, 0.1) is 0 Å². The Morgan fingerprint density at radius 3 is 2.27 bits per heavy atom. The molecule has 0 aliphatic carbocycles. The highest BCUT2D eigenvalue weighted by Crippen LogP contribution is 2.30. The van der Waals surface area contributed by atoms with Gasteiger partial charge in [0.1, 0.15) is 5.75 Å². The fourth-order valence-corrected chi connectivity index (χ4v) is 2.56. The van der Waals surface area contributed by atoms with E-state index in [1.807, 2.05) is 0 Å². The summed E-state index contributed by atoms with van der Waals surface area (Å²) in [5, 5.41) is 10.4. The van der Waals surface area contributed by atoms with Crippen LogP contribution in [0.5, 0.6) is 5.75 Å². The summed E-state index contributed by atoms with van der Waals surface area (Å²) in [7, 11) is 1.50. The summed E-state index contributed by atoms with van der Waals surface area (Å²) in [4.78, 5) is 0.0116. The molecular weight excluding hydrogens is 236 g/mol. The standard InChI is InChI=1S/C10H7ClO3S/c11-15(13,14)10-6-2-3-7-8(10)4-1-5-9(7)12/h1-6,12H. The van der Waals surface area contributed by atoms with Gasteiger partial charge in [-0.3, -0.25) is 0 Å². The van der Waals surface area contributed by atoms with E-state index in [0.717, 1.165) is 0 Å². The maximum Gasteiger partial charge on any atom is 0.261 e. The van der Waals surface area contributed by atoms with Gasteiger partial charge in [0.2, 0.25) is 0 Å². The zero-order valence-corrected chi connectivity index (χ0v) is 9.09. The van der Waals surface area contributed by atoms with Gasteiger partial charge in [-0.25, -0.2) is 8.42 Å². The third kappa shape index (κ3) is 1.78. The molecule has 2 aromatic rings. The van der Waals surface area contributed by atoms with Crippen molar-refractivity contribution in [1.82, 2.24) is 0 Å². The summed E-state index contributed by atoms with van der Waals surface area (Å²) < 4.78 is 22.5. The fourth-order valence-electron chi connectivity index (χ4n) is 1.48. The maximum atomic E-state index is 11.2. The number of benzene rings is 2. The molecule has 15 heavy (non-hydrogen) atoms. The molecule has 2 rings (SSSR count). The smallest absolute Gasteiger partial charge is 0.261 e. The minimum atomic E-state index is -3.79. The van der Waals surface area contributed by atoms with Crippen molar-refractivity contribution in [2.75, 3.05) is 0 Å². The van der Waals surface area contributed by atoms with E-state index in [9.17, 15) is 13.5 Å². The third-order valence-corrected chi connectivity index (χ3v) is 3.50. The van der Waals surface area contributed by atoms with E-state index in [0.29, 0.717) is 10.8 Å². The molecule has 0 saturated carbocycles. The van der Waals surface area contributed by atoms with Crippen molar-refractivity contribution < 1.29 is 13.5 Å². The Balaban J connectivity index is 2.96. The predicted octanol–water partition coefficient (Wildman–Crippen LogP) is 2.47. The molecule has 0 bridgehead atoms. The van der Waals surface area contributed by atoms with Crippen LogP contribution in [-0.2, 0) is 9.05 Å².